The zero-order valence-electron chi connectivity index (χ0n) is 10.8. The number of methoxy groups -OCH3 is 1. The maximum Gasteiger partial charge on any atom is 0.314 e. The molecule has 100 valence electrons. The van der Waals surface area contributed by atoms with Crippen LogP contribution in [-0.2, 0) is 0 Å². The average Bonchev–Trinajstić information content (AvgIpc) is 2.34. The molecule has 6 heteroatoms. The summed E-state index contributed by atoms with van der Waals surface area (Å²) in [5.41, 5.74) is -0.0844. The SMILES string of the molecule is COc1ccc(OCCNC(C)C)c([N+](=O)[O-])c1. The molecular weight excluding hydrogens is 236 g/mol. The van der Waals surface area contributed by atoms with Gasteiger partial charge in [0, 0.05) is 12.6 Å². The molecule has 0 saturated heterocycles. The van der Waals surface area contributed by atoms with E-state index in [1.807, 2.05) is 13.8 Å². The molecular formula is C12H18N2O4. The van der Waals surface area contributed by atoms with Gasteiger partial charge in [0.25, 0.3) is 0 Å². The third-order valence-electron chi connectivity index (χ3n) is 2.28. The van der Waals surface area contributed by atoms with Crippen molar-refractivity contribution >= 4 is 5.69 Å². The summed E-state index contributed by atoms with van der Waals surface area (Å²) in [5.74, 6) is 0.695. The topological polar surface area (TPSA) is 73.6 Å². The lowest BCUT2D eigenvalue weighted by molar-refractivity contribution is -0.385. The number of benzene rings is 1. The number of hydrogen-bond donors (Lipinski definition) is 1. The lowest BCUT2D eigenvalue weighted by Crippen LogP contribution is -2.27. The lowest BCUT2D eigenvalue weighted by Gasteiger charge is -2.10. The van der Waals surface area contributed by atoms with Crippen molar-refractivity contribution in [1.82, 2.24) is 5.32 Å². The highest BCUT2D eigenvalue weighted by atomic mass is 16.6. The Morgan fingerprint density at radius 1 is 1.44 bits per heavy atom. The minimum atomic E-state index is -0.478. The second-order valence-electron chi connectivity index (χ2n) is 4.05. The van der Waals surface area contributed by atoms with Crippen LogP contribution < -0.4 is 14.8 Å². The first-order valence-electron chi connectivity index (χ1n) is 5.73. The van der Waals surface area contributed by atoms with E-state index in [4.69, 9.17) is 9.47 Å². The van der Waals surface area contributed by atoms with Gasteiger partial charge in [-0.05, 0) is 12.1 Å². The van der Waals surface area contributed by atoms with Crippen LogP contribution in [0.25, 0.3) is 0 Å². The monoisotopic (exact) mass is 254 g/mol. The predicted octanol–water partition coefficient (Wildman–Crippen LogP) is 1.98. The minimum absolute atomic E-state index is 0.0844. The summed E-state index contributed by atoms with van der Waals surface area (Å²) in [6.45, 7) is 5.07. The number of ether oxygens (including phenoxy) is 2. The van der Waals surface area contributed by atoms with Crippen molar-refractivity contribution in [2.75, 3.05) is 20.3 Å². The van der Waals surface area contributed by atoms with E-state index in [2.05, 4.69) is 5.32 Å². The molecule has 0 amide bonds. The normalized spacial score (nSPS) is 10.4. The van der Waals surface area contributed by atoms with Crippen LogP contribution in [0.3, 0.4) is 0 Å². The third-order valence-corrected chi connectivity index (χ3v) is 2.28. The Hall–Kier alpha value is -1.82. The minimum Gasteiger partial charge on any atom is -0.496 e. The third kappa shape index (κ3) is 4.21. The summed E-state index contributed by atoms with van der Waals surface area (Å²) in [5, 5.41) is 14.1. The molecule has 0 spiro atoms. The molecule has 0 fully saturated rings. The second kappa shape index (κ2) is 6.80. The first-order valence-corrected chi connectivity index (χ1v) is 5.73. The van der Waals surface area contributed by atoms with Crippen LogP contribution in [0.1, 0.15) is 13.8 Å². The van der Waals surface area contributed by atoms with Crippen molar-refractivity contribution in [2.24, 2.45) is 0 Å². The number of rotatable bonds is 7. The molecule has 0 radical (unpaired) electrons. The standard InChI is InChI=1S/C12H18N2O4/c1-9(2)13-6-7-18-12-5-4-10(17-3)8-11(12)14(15)16/h4-5,8-9,13H,6-7H2,1-3H3. The van der Waals surface area contributed by atoms with Gasteiger partial charge in [-0.25, -0.2) is 0 Å². The Bertz CT molecular complexity index is 407. The second-order valence-corrected chi connectivity index (χ2v) is 4.05. The van der Waals surface area contributed by atoms with E-state index in [1.54, 1.807) is 12.1 Å². The number of nitrogens with one attached hydrogen (secondary N) is 1. The Kier molecular flexibility index (Phi) is 5.38. The summed E-state index contributed by atoms with van der Waals surface area (Å²) >= 11 is 0. The number of hydrogen-bond acceptors (Lipinski definition) is 5. The van der Waals surface area contributed by atoms with Crippen molar-refractivity contribution in [3.05, 3.63) is 28.3 Å². The van der Waals surface area contributed by atoms with Crippen LogP contribution in [-0.4, -0.2) is 31.2 Å². The largest absolute Gasteiger partial charge is 0.496 e. The van der Waals surface area contributed by atoms with Crippen molar-refractivity contribution in [1.29, 1.82) is 0 Å². The van der Waals surface area contributed by atoms with E-state index in [9.17, 15) is 10.1 Å². The molecule has 0 aliphatic carbocycles. The van der Waals surface area contributed by atoms with Gasteiger partial charge < -0.3 is 14.8 Å². The van der Waals surface area contributed by atoms with Gasteiger partial charge in [0.15, 0.2) is 5.75 Å². The number of nitro benzene ring substituents is 1. The van der Waals surface area contributed by atoms with E-state index < -0.39 is 4.92 Å². The Labute approximate surface area is 106 Å². The Morgan fingerprint density at radius 2 is 2.17 bits per heavy atom. The van der Waals surface area contributed by atoms with Crippen molar-refractivity contribution in [2.45, 2.75) is 19.9 Å². The Morgan fingerprint density at radius 3 is 2.72 bits per heavy atom. The van der Waals surface area contributed by atoms with Gasteiger partial charge in [0.2, 0.25) is 0 Å². The number of nitrogens with zero attached hydrogens (tertiary/aromatic N) is 1. The lowest BCUT2D eigenvalue weighted by atomic mass is 10.3. The molecule has 18 heavy (non-hydrogen) atoms. The van der Waals surface area contributed by atoms with Gasteiger partial charge in [-0.3, -0.25) is 10.1 Å². The quantitative estimate of drug-likeness (QED) is 0.457. The van der Waals surface area contributed by atoms with Gasteiger partial charge in [-0.15, -0.1) is 0 Å². The van der Waals surface area contributed by atoms with E-state index in [0.717, 1.165) is 0 Å². The fraction of sp³-hybridized carbons (Fsp3) is 0.500. The molecule has 1 N–H and O–H groups in total. The fourth-order valence-corrected chi connectivity index (χ4v) is 1.40. The van der Waals surface area contributed by atoms with Crippen molar-refractivity contribution < 1.29 is 14.4 Å². The molecule has 0 bridgehead atoms. The zero-order valence-corrected chi connectivity index (χ0v) is 10.8. The van der Waals surface area contributed by atoms with Crippen LogP contribution in [0.15, 0.2) is 18.2 Å². The van der Waals surface area contributed by atoms with Crippen LogP contribution in [0.4, 0.5) is 5.69 Å². The molecule has 0 aliphatic rings. The molecule has 1 aromatic rings. The van der Waals surface area contributed by atoms with Crippen LogP contribution >= 0.6 is 0 Å². The van der Waals surface area contributed by atoms with Gasteiger partial charge in [0.1, 0.15) is 12.4 Å². The molecule has 0 unspecified atom stereocenters. The van der Waals surface area contributed by atoms with E-state index >= 15 is 0 Å². The molecule has 1 aromatic carbocycles. The highest BCUT2D eigenvalue weighted by molar-refractivity contribution is 5.50. The molecule has 6 nitrogen and oxygen atoms in total. The maximum absolute atomic E-state index is 10.9. The van der Waals surface area contributed by atoms with E-state index in [0.29, 0.717) is 24.9 Å². The molecule has 0 heterocycles. The smallest absolute Gasteiger partial charge is 0.314 e. The van der Waals surface area contributed by atoms with Gasteiger partial charge >= 0.3 is 5.69 Å². The van der Waals surface area contributed by atoms with Crippen LogP contribution in [0.5, 0.6) is 11.5 Å². The zero-order chi connectivity index (χ0) is 13.5. The summed E-state index contributed by atoms with van der Waals surface area (Å²) in [4.78, 5) is 10.4. The van der Waals surface area contributed by atoms with Gasteiger partial charge in [0.05, 0.1) is 18.1 Å². The first-order chi connectivity index (χ1) is 8.54. The molecule has 1 rings (SSSR count). The summed E-state index contributed by atoms with van der Waals surface area (Å²) in [6, 6.07) is 4.90. The van der Waals surface area contributed by atoms with Gasteiger partial charge in [-0.1, -0.05) is 13.8 Å². The van der Waals surface area contributed by atoms with Crippen LogP contribution in [0, 0.1) is 10.1 Å². The molecule has 0 aliphatic heterocycles. The average molecular weight is 254 g/mol. The van der Waals surface area contributed by atoms with Crippen molar-refractivity contribution in [3.8, 4) is 11.5 Å². The fourth-order valence-electron chi connectivity index (χ4n) is 1.40. The summed E-state index contributed by atoms with van der Waals surface area (Å²) in [6.07, 6.45) is 0. The highest BCUT2D eigenvalue weighted by Crippen LogP contribution is 2.30. The van der Waals surface area contributed by atoms with E-state index in [-0.39, 0.29) is 11.4 Å². The molecule has 0 atom stereocenters. The van der Waals surface area contributed by atoms with Crippen LogP contribution in [0.2, 0.25) is 0 Å². The first kappa shape index (κ1) is 14.2. The van der Waals surface area contributed by atoms with Gasteiger partial charge in [-0.2, -0.15) is 0 Å². The Balaban J connectivity index is 2.67. The highest BCUT2D eigenvalue weighted by Gasteiger charge is 2.16. The van der Waals surface area contributed by atoms with Crippen molar-refractivity contribution in [3.63, 3.8) is 0 Å². The maximum atomic E-state index is 10.9. The molecule has 0 saturated carbocycles. The summed E-state index contributed by atoms with van der Waals surface area (Å²) in [7, 11) is 1.46. The molecule has 0 aromatic heterocycles. The summed E-state index contributed by atoms with van der Waals surface area (Å²) < 4.78 is 10.3. The van der Waals surface area contributed by atoms with E-state index in [1.165, 1.54) is 13.2 Å². The number of nitro groups is 1. The predicted molar refractivity (Wildman–Crippen MR) is 68.3 cm³/mol.